The van der Waals surface area contributed by atoms with Crippen molar-refractivity contribution >= 4 is 34.0 Å². The van der Waals surface area contributed by atoms with Gasteiger partial charge in [0.05, 0.1) is 22.4 Å². The highest BCUT2D eigenvalue weighted by Gasteiger charge is 2.05. The van der Waals surface area contributed by atoms with Crippen LogP contribution in [0.4, 0.5) is 0 Å². The number of rotatable bonds is 3. The van der Waals surface area contributed by atoms with Gasteiger partial charge in [0.15, 0.2) is 0 Å². The van der Waals surface area contributed by atoms with Gasteiger partial charge in [-0.05, 0) is 35.9 Å². The largest absolute Gasteiger partial charge is 0.320 e. The minimum absolute atomic E-state index is 0.940. The number of hydrogen-bond donors (Lipinski definition) is 1. The molecular formula is C22H16N4. The first kappa shape index (κ1) is 14.7. The van der Waals surface area contributed by atoms with E-state index in [1.165, 1.54) is 0 Å². The second-order valence-electron chi connectivity index (χ2n) is 6.19. The number of nitrogens with zero attached hydrogens (tertiary/aromatic N) is 3. The van der Waals surface area contributed by atoms with Gasteiger partial charge in [-0.15, -0.1) is 0 Å². The summed E-state index contributed by atoms with van der Waals surface area (Å²) in [5.41, 5.74) is 5.21. The summed E-state index contributed by atoms with van der Waals surface area (Å²) in [6.45, 7) is 0. The van der Waals surface area contributed by atoms with E-state index in [0.717, 1.165) is 38.8 Å². The lowest BCUT2D eigenvalue weighted by Gasteiger charge is -2.06. The van der Waals surface area contributed by atoms with Crippen molar-refractivity contribution in [3.63, 3.8) is 0 Å². The normalized spacial score (nSPS) is 11.7. The Balaban J connectivity index is 1.58. The third-order valence-electron chi connectivity index (χ3n) is 4.55. The maximum Gasteiger partial charge on any atom is 0.0927 e. The molecule has 0 aliphatic heterocycles. The molecule has 0 amide bonds. The molecule has 0 fully saturated rings. The average Bonchev–Trinajstić information content (AvgIpc) is 3.30. The molecule has 3 aromatic heterocycles. The molecule has 1 N–H and O–H groups in total. The molecule has 0 bridgehead atoms. The Morgan fingerprint density at radius 1 is 0.846 bits per heavy atom. The summed E-state index contributed by atoms with van der Waals surface area (Å²) in [6.07, 6.45) is 10.2. The van der Waals surface area contributed by atoms with Crippen molar-refractivity contribution in [3.05, 3.63) is 90.5 Å². The zero-order valence-corrected chi connectivity index (χ0v) is 14.0. The van der Waals surface area contributed by atoms with E-state index in [1.807, 2.05) is 36.5 Å². The van der Waals surface area contributed by atoms with Crippen LogP contribution in [0, 0.1) is 0 Å². The van der Waals surface area contributed by atoms with Crippen LogP contribution >= 0.6 is 0 Å². The molecule has 5 aromatic rings. The van der Waals surface area contributed by atoms with Gasteiger partial charge in [-0.3, -0.25) is 10.1 Å². The standard InChI is InChI=1S/C22H16N4/c1-4-10-22(26-14-17-7-5-13-23-21(17)15-26)16(6-1)11-12-20-18-8-2-3-9-19(18)24-25-20/h1-15H,(H,24,25). The molecule has 4 nitrogen and oxygen atoms in total. The number of pyridine rings is 1. The van der Waals surface area contributed by atoms with Gasteiger partial charge in [0.25, 0.3) is 0 Å². The van der Waals surface area contributed by atoms with Gasteiger partial charge < -0.3 is 4.57 Å². The Labute approximate surface area is 150 Å². The smallest absolute Gasteiger partial charge is 0.0927 e. The zero-order chi connectivity index (χ0) is 17.3. The van der Waals surface area contributed by atoms with Gasteiger partial charge in [0.1, 0.15) is 0 Å². The monoisotopic (exact) mass is 336 g/mol. The van der Waals surface area contributed by atoms with Crippen LogP contribution in [0.15, 0.2) is 79.3 Å². The Morgan fingerprint density at radius 2 is 1.73 bits per heavy atom. The summed E-state index contributed by atoms with van der Waals surface area (Å²) in [6, 6.07) is 20.5. The fraction of sp³-hybridized carbons (Fsp3) is 0. The maximum atomic E-state index is 4.42. The lowest BCUT2D eigenvalue weighted by Crippen LogP contribution is -1.92. The quantitative estimate of drug-likeness (QED) is 0.500. The molecule has 2 aromatic carbocycles. The van der Waals surface area contributed by atoms with E-state index in [9.17, 15) is 0 Å². The minimum atomic E-state index is 0.940. The summed E-state index contributed by atoms with van der Waals surface area (Å²) in [7, 11) is 0. The van der Waals surface area contributed by atoms with Crippen LogP contribution in [0.2, 0.25) is 0 Å². The van der Waals surface area contributed by atoms with Crippen molar-refractivity contribution in [1.82, 2.24) is 19.7 Å². The number of benzene rings is 2. The molecule has 124 valence electrons. The molecule has 0 saturated heterocycles. The summed E-state index contributed by atoms with van der Waals surface area (Å²) < 4.78 is 2.12. The fourth-order valence-electron chi connectivity index (χ4n) is 3.25. The third-order valence-corrected chi connectivity index (χ3v) is 4.55. The van der Waals surface area contributed by atoms with E-state index < -0.39 is 0 Å². The first-order valence-corrected chi connectivity index (χ1v) is 8.52. The topological polar surface area (TPSA) is 46.5 Å². The van der Waals surface area contributed by atoms with Crippen molar-refractivity contribution < 1.29 is 0 Å². The van der Waals surface area contributed by atoms with E-state index in [1.54, 1.807) is 0 Å². The highest BCUT2D eigenvalue weighted by Crippen LogP contribution is 2.23. The minimum Gasteiger partial charge on any atom is -0.320 e. The van der Waals surface area contributed by atoms with E-state index in [-0.39, 0.29) is 0 Å². The van der Waals surface area contributed by atoms with Crippen LogP contribution in [0.3, 0.4) is 0 Å². The molecule has 0 aliphatic carbocycles. The van der Waals surface area contributed by atoms with Crippen molar-refractivity contribution in [2.75, 3.05) is 0 Å². The van der Waals surface area contributed by atoms with Crippen LogP contribution in [0.1, 0.15) is 11.3 Å². The average molecular weight is 336 g/mol. The predicted octanol–water partition coefficient (Wildman–Crippen LogP) is 5.07. The molecule has 0 saturated carbocycles. The van der Waals surface area contributed by atoms with Crippen molar-refractivity contribution in [2.24, 2.45) is 0 Å². The highest BCUT2D eigenvalue weighted by atomic mass is 15.1. The van der Waals surface area contributed by atoms with E-state index in [0.29, 0.717) is 0 Å². The molecule has 0 radical (unpaired) electrons. The number of aromatic nitrogens is 4. The summed E-state index contributed by atoms with van der Waals surface area (Å²) in [5.74, 6) is 0. The number of fused-ring (bicyclic) bond motifs is 2. The summed E-state index contributed by atoms with van der Waals surface area (Å²) in [4.78, 5) is 4.42. The summed E-state index contributed by atoms with van der Waals surface area (Å²) in [5, 5.41) is 9.74. The first-order chi connectivity index (χ1) is 12.9. The Morgan fingerprint density at radius 3 is 2.69 bits per heavy atom. The van der Waals surface area contributed by atoms with Crippen LogP contribution in [0.5, 0.6) is 0 Å². The molecule has 4 heteroatoms. The molecule has 0 atom stereocenters. The molecule has 0 unspecified atom stereocenters. The number of nitrogens with one attached hydrogen (secondary N) is 1. The van der Waals surface area contributed by atoms with E-state index >= 15 is 0 Å². The highest BCUT2D eigenvalue weighted by molar-refractivity contribution is 5.90. The van der Waals surface area contributed by atoms with Crippen molar-refractivity contribution in [3.8, 4) is 5.69 Å². The van der Waals surface area contributed by atoms with Gasteiger partial charge in [0.2, 0.25) is 0 Å². The first-order valence-electron chi connectivity index (χ1n) is 8.52. The number of H-pyrrole nitrogens is 1. The molecule has 0 spiro atoms. The van der Waals surface area contributed by atoms with Gasteiger partial charge >= 0.3 is 0 Å². The second-order valence-corrected chi connectivity index (χ2v) is 6.19. The Hall–Kier alpha value is -3.66. The van der Waals surface area contributed by atoms with Gasteiger partial charge in [-0.25, -0.2) is 0 Å². The molecule has 0 aliphatic rings. The van der Waals surface area contributed by atoms with Gasteiger partial charge in [0, 0.05) is 29.4 Å². The van der Waals surface area contributed by atoms with E-state index in [2.05, 4.69) is 74.6 Å². The van der Waals surface area contributed by atoms with Gasteiger partial charge in [-0.1, -0.05) is 42.5 Å². The lowest BCUT2D eigenvalue weighted by molar-refractivity contribution is 1.08. The van der Waals surface area contributed by atoms with Crippen LogP contribution < -0.4 is 0 Å². The molecular weight excluding hydrogens is 320 g/mol. The lowest BCUT2D eigenvalue weighted by atomic mass is 10.1. The third kappa shape index (κ3) is 2.48. The molecule has 5 rings (SSSR count). The molecule has 26 heavy (non-hydrogen) atoms. The van der Waals surface area contributed by atoms with E-state index in [4.69, 9.17) is 0 Å². The second kappa shape index (κ2) is 6.01. The van der Waals surface area contributed by atoms with Crippen molar-refractivity contribution in [1.29, 1.82) is 0 Å². The van der Waals surface area contributed by atoms with Crippen LogP contribution in [0.25, 0.3) is 39.6 Å². The van der Waals surface area contributed by atoms with Crippen LogP contribution in [-0.4, -0.2) is 19.7 Å². The van der Waals surface area contributed by atoms with Crippen molar-refractivity contribution in [2.45, 2.75) is 0 Å². The van der Waals surface area contributed by atoms with Gasteiger partial charge in [-0.2, -0.15) is 5.10 Å². The van der Waals surface area contributed by atoms with Crippen LogP contribution in [-0.2, 0) is 0 Å². The zero-order valence-electron chi connectivity index (χ0n) is 14.0. The SMILES string of the molecule is C(=Cc1n[nH]c2ccccc12)c1ccccc1-n1cc2cccnc2c1. The maximum absolute atomic E-state index is 4.42. The molecule has 3 heterocycles. The number of para-hydroxylation sites is 2. The number of aromatic amines is 1. The fourth-order valence-corrected chi connectivity index (χ4v) is 3.25. The number of hydrogen-bond acceptors (Lipinski definition) is 2. The predicted molar refractivity (Wildman–Crippen MR) is 106 cm³/mol. The summed E-state index contributed by atoms with van der Waals surface area (Å²) >= 11 is 0. The Kier molecular flexibility index (Phi) is 3.39. The Bertz CT molecular complexity index is 1210.